The summed E-state index contributed by atoms with van der Waals surface area (Å²) >= 11 is 0. The van der Waals surface area contributed by atoms with E-state index in [0.29, 0.717) is 17.5 Å². The third kappa shape index (κ3) is 3.14. The molecule has 0 spiro atoms. The minimum atomic E-state index is 0.300. The van der Waals surface area contributed by atoms with Gasteiger partial charge >= 0.3 is 0 Å². The van der Waals surface area contributed by atoms with Crippen LogP contribution >= 0.6 is 0 Å². The second-order valence-corrected chi connectivity index (χ2v) is 7.56. The number of aromatic nitrogens is 1. The van der Waals surface area contributed by atoms with Gasteiger partial charge in [-0.2, -0.15) is 0 Å². The molecular weight excluding hydrogens is 258 g/mol. The summed E-state index contributed by atoms with van der Waals surface area (Å²) in [5.41, 5.74) is 2.85. The van der Waals surface area contributed by atoms with Crippen LogP contribution in [-0.2, 0) is 6.54 Å². The summed E-state index contributed by atoms with van der Waals surface area (Å²) in [5.74, 6) is 1.54. The molecule has 1 N–H and O–H groups in total. The van der Waals surface area contributed by atoms with E-state index in [1.807, 2.05) is 12.3 Å². The fourth-order valence-electron chi connectivity index (χ4n) is 3.76. The fraction of sp³-hybridized carbons (Fsp3) is 0.722. The van der Waals surface area contributed by atoms with E-state index < -0.39 is 0 Å². The van der Waals surface area contributed by atoms with E-state index >= 15 is 0 Å². The quantitative estimate of drug-likeness (QED) is 0.923. The number of pyridine rings is 1. The van der Waals surface area contributed by atoms with Gasteiger partial charge in [-0.05, 0) is 50.2 Å². The van der Waals surface area contributed by atoms with E-state index in [0.717, 1.165) is 25.6 Å². The van der Waals surface area contributed by atoms with Crippen molar-refractivity contribution in [2.24, 2.45) is 11.8 Å². The fourth-order valence-corrected chi connectivity index (χ4v) is 3.76. The maximum atomic E-state index is 4.61. The zero-order chi connectivity index (χ0) is 15.0. The molecule has 0 radical (unpaired) electrons. The highest BCUT2D eigenvalue weighted by atomic mass is 15.3. The molecule has 2 fully saturated rings. The normalized spacial score (nSPS) is 30.8. The lowest BCUT2D eigenvalue weighted by Crippen LogP contribution is -2.64. The van der Waals surface area contributed by atoms with Gasteiger partial charge in [0.25, 0.3) is 0 Å². The number of hydrogen-bond acceptors (Lipinski definition) is 3. The van der Waals surface area contributed by atoms with Crippen LogP contribution < -0.4 is 5.32 Å². The van der Waals surface area contributed by atoms with Crippen molar-refractivity contribution >= 4 is 0 Å². The molecule has 1 aliphatic carbocycles. The van der Waals surface area contributed by atoms with Crippen molar-refractivity contribution in [1.82, 2.24) is 15.2 Å². The van der Waals surface area contributed by atoms with Crippen molar-refractivity contribution in [1.29, 1.82) is 0 Å². The topological polar surface area (TPSA) is 28.2 Å². The van der Waals surface area contributed by atoms with Crippen LogP contribution in [-0.4, -0.2) is 34.6 Å². The van der Waals surface area contributed by atoms with Crippen LogP contribution in [0.3, 0.4) is 0 Å². The molecule has 1 saturated carbocycles. The van der Waals surface area contributed by atoms with Crippen LogP contribution in [0.25, 0.3) is 0 Å². The molecule has 21 heavy (non-hydrogen) atoms. The summed E-state index contributed by atoms with van der Waals surface area (Å²) < 4.78 is 0. The minimum Gasteiger partial charge on any atom is -0.308 e. The van der Waals surface area contributed by atoms with Crippen molar-refractivity contribution in [3.8, 4) is 0 Å². The van der Waals surface area contributed by atoms with Crippen molar-refractivity contribution in [2.45, 2.75) is 58.7 Å². The summed E-state index contributed by atoms with van der Waals surface area (Å²) in [6, 6.07) is 4.82. The molecule has 3 nitrogen and oxygen atoms in total. The maximum Gasteiger partial charge on any atom is 0.0573 e. The van der Waals surface area contributed by atoms with E-state index in [9.17, 15) is 0 Å². The van der Waals surface area contributed by atoms with Crippen molar-refractivity contribution in [2.75, 3.05) is 13.1 Å². The van der Waals surface area contributed by atoms with Crippen LogP contribution in [0.1, 0.15) is 44.9 Å². The SMILES string of the molecule is Cc1cccnc1CN1CC(C)(C2CC2)NCC1C(C)C. The molecular formula is C18H29N3. The van der Waals surface area contributed by atoms with Crippen LogP contribution in [0.2, 0.25) is 0 Å². The summed E-state index contributed by atoms with van der Waals surface area (Å²) in [4.78, 5) is 7.29. The zero-order valence-electron chi connectivity index (χ0n) is 13.9. The van der Waals surface area contributed by atoms with Crippen molar-refractivity contribution in [3.05, 3.63) is 29.6 Å². The Hall–Kier alpha value is -0.930. The molecule has 2 unspecified atom stereocenters. The van der Waals surface area contributed by atoms with Crippen molar-refractivity contribution < 1.29 is 0 Å². The first-order valence-corrected chi connectivity index (χ1v) is 8.39. The number of piperazine rings is 1. The predicted molar refractivity (Wildman–Crippen MR) is 87.1 cm³/mol. The highest BCUT2D eigenvalue weighted by molar-refractivity contribution is 5.18. The molecule has 116 valence electrons. The average molecular weight is 287 g/mol. The number of nitrogens with one attached hydrogen (secondary N) is 1. The van der Waals surface area contributed by atoms with Gasteiger partial charge in [0.1, 0.15) is 0 Å². The molecule has 1 aliphatic heterocycles. The smallest absolute Gasteiger partial charge is 0.0573 e. The highest BCUT2D eigenvalue weighted by Gasteiger charge is 2.46. The van der Waals surface area contributed by atoms with E-state index in [1.54, 1.807) is 0 Å². The van der Waals surface area contributed by atoms with Gasteiger partial charge in [0.2, 0.25) is 0 Å². The Morgan fingerprint density at radius 1 is 1.43 bits per heavy atom. The second kappa shape index (κ2) is 5.69. The Balaban J connectivity index is 1.79. The standard InChI is InChI=1S/C18H29N3/c1-13(2)17-10-20-18(4,15-7-8-15)12-21(17)11-16-14(3)6-5-9-19-16/h5-6,9,13,15,17,20H,7-8,10-12H2,1-4H3. The maximum absolute atomic E-state index is 4.61. The Morgan fingerprint density at radius 3 is 2.81 bits per heavy atom. The van der Waals surface area contributed by atoms with Gasteiger partial charge in [-0.25, -0.2) is 0 Å². The summed E-state index contributed by atoms with van der Waals surface area (Å²) in [5, 5.41) is 3.86. The van der Waals surface area contributed by atoms with Crippen LogP contribution in [0.4, 0.5) is 0 Å². The molecule has 3 heteroatoms. The lowest BCUT2D eigenvalue weighted by molar-refractivity contribution is 0.0451. The summed E-state index contributed by atoms with van der Waals surface area (Å²) in [6.07, 6.45) is 4.72. The number of rotatable bonds is 4. The van der Waals surface area contributed by atoms with Crippen molar-refractivity contribution in [3.63, 3.8) is 0 Å². The molecule has 2 heterocycles. The number of hydrogen-bond donors (Lipinski definition) is 1. The first kappa shape index (κ1) is 15.0. The number of nitrogens with zero attached hydrogens (tertiary/aromatic N) is 2. The lowest BCUT2D eigenvalue weighted by Gasteiger charge is -2.48. The first-order valence-electron chi connectivity index (χ1n) is 8.39. The third-order valence-corrected chi connectivity index (χ3v) is 5.43. The molecule has 2 aliphatic rings. The highest BCUT2D eigenvalue weighted by Crippen LogP contribution is 2.42. The number of aryl methyl sites for hydroxylation is 1. The Kier molecular flexibility index (Phi) is 4.06. The second-order valence-electron chi connectivity index (χ2n) is 7.56. The first-order chi connectivity index (χ1) is 9.99. The zero-order valence-corrected chi connectivity index (χ0v) is 13.9. The van der Waals surface area contributed by atoms with Crippen LogP contribution in [0.5, 0.6) is 0 Å². The van der Waals surface area contributed by atoms with Gasteiger partial charge in [-0.3, -0.25) is 9.88 Å². The Morgan fingerprint density at radius 2 is 2.19 bits per heavy atom. The van der Waals surface area contributed by atoms with Gasteiger partial charge < -0.3 is 5.32 Å². The molecule has 1 aromatic heterocycles. The van der Waals surface area contributed by atoms with E-state index in [4.69, 9.17) is 0 Å². The minimum absolute atomic E-state index is 0.300. The van der Waals surface area contributed by atoms with Gasteiger partial charge in [-0.15, -0.1) is 0 Å². The average Bonchev–Trinajstić information content (AvgIpc) is 3.26. The largest absolute Gasteiger partial charge is 0.308 e. The molecule has 0 aromatic carbocycles. The molecule has 1 saturated heterocycles. The van der Waals surface area contributed by atoms with Gasteiger partial charge in [0, 0.05) is 37.4 Å². The lowest BCUT2D eigenvalue weighted by atomic mass is 9.88. The van der Waals surface area contributed by atoms with E-state index in [-0.39, 0.29) is 0 Å². The van der Waals surface area contributed by atoms with Gasteiger partial charge in [-0.1, -0.05) is 19.9 Å². The molecule has 0 bridgehead atoms. The Bertz CT molecular complexity index is 495. The van der Waals surface area contributed by atoms with Crippen LogP contribution in [0, 0.1) is 18.8 Å². The van der Waals surface area contributed by atoms with Gasteiger partial charge in [0.05, 0.1) is 5.69 Å². The molecule has 0 amide bonds. The molecule has 3 rings (SSSR count). The van der Waals surface area contributed by atoms with E-state index in [2.05, 4.69) is 49.0 Å². The molecule has 2 atom stereocenters. The van der Waals surface area contributed by atoms with Crippen LogP contribution in [0.15, 0.2) is 18.3 Å². The summed E-state index contributed by atoms with van der Waals surface area (Å²) in [6.45, 7) is 12.5. The monoisotopic (exact) mass is 287 g/mol. The third-order valence-electron chi connectivity index (χ3n) is 5.43. The Labute approximate surface area is 129 Å². The van der Waals surface area contributed by atoms with E-state index in [1.165, 1.54) is 24.1 Å². The van der Waals surface area contributed by atoms with Gasteiger partial charge in [0.15, 0.2) is 0 Å². The summed E-state index contributed by atoms with van der Waals surface area (Å²) in [7, 11) is 0. The predicted octanol–water partition coefficient (Wildman–Crippen LogP) is 2.99. The molecule has 1 aromatic rings.